The zero-order valence-electron chi connectivity index (χ0n) is 21.9. The third-order valence-electron chi connectivity index (χ3n) is 5.95. The maximum Gasteiger partial charge on any atom is 0.295 e. The summed E-state index contributed by atoms with van der Waals surface area (Å²) < 4.78 is 11.3. The van der Waals surface area contributed by atoms with Crippen molar-refractivity contribution in [2.75, 3.05) is 33.8 Å². The minimum absolute atomic E-state index is 0.00918. The van der Waals surface area contributed by atoms with Gasteiger partial charge in [0, 0.05) is 12.1 Å². The van der Waals surface area contributed by atoms with Crippen LogP contribution in [-0.4, -0.2) is 71.6 Å². The number of phenols is 1. The quantitative estimate of drug-likeness (QED) is 0.288. The number of Topliss-reactive ketones (excluding diaryl/α,β-unsaturated/α-hetero) is 1. The van der Waals surface area contributed by atoms with Crippen molar-refractivity contribution in [3.05, 3.63) is 58.7 Å². The summed E-state index contributed by atoms with van der Waals surface area (Å²) in [6.45, 7) is 8.92. The maximum absolute atomic E-state index is 13.3. The Morgan fingerprint density at radius 1 is 1.11 bits per heavy atom. The summed E-state index contributed by atoms with van der Waals surface area (Å²) in [6.07, 6.45) is 0.637. The number of aliphatic hydroxyl groups excluding tert-OH is 1. The monoisotopic (exact) mass is 496 g/mol. The Kier molecular flexibility index (Phi) is 8.63. The molecule has 1 saturated heterocycles. The number of aliphatic hydroxyl groups is 1. The number of aromatic hydroxyl groups is 1. The number of hydrogen-bond donors (Lipinski definition) is 2. The SMILES string of the molecule is CCOc1cc(C2C(=C(O)c3ccc(OC(C)C)c(C)c3)C(=O)C(=O)N2CCCN(C)C)ccc1O. The maximum atomic E-state index is 13.3. The minimum atomic E-state index is -0.820. The van der Waals surface area contributed by atoms with Crippen LogP contribution in [0.25, 0.3) is 5.76 Å². The highest BCUT2D eigenvalue weighted by Crippen LogP contribution is 2.42. The molecule has 0 saturated carbocycles. The van der Waals surface area contributed by atoms with Crippen molar-refractivity contribution in [1.82, 2.24) is 9.80 Å². The zero-order chi connectivity index (χ0) is 26.6. The molecule has 1 aliphatic heterocycles. The Balaban J connectivity index is 2.13. The van der Waals surface area contributed by atoms with E-state index in [0.29, 0.717) is 36.4 Å². The lowest BCUT2D eigenvalue weighted by Gasteiger charge is -2.26. The average Bonchev–Trinajstić information content (AvgIpc) is 3.06. The normalized spacial score (nSPS) is 17.3. The van der Waals surface area contributed by atoms with E-state index in [1.807, 2.05) is 39.8 Å². The molecule has 8 heteroatoms. The van der Waals surface area contributed by atoms with Crippen LogP contribution >= 0.6 is 0 Å². The van der Waals surface area contributed by atoms with Gasteiger partial charge < -0.3 is 29.5 Å². The molecule has 1 unspecified atom stereocenters. The van der Waals surface area contributed by atoms with Gasteiger partial charge in [-0.05, 0) is 96.2 Å². The van der Waals surface area contributed by atoms with Crippen molar-refractivity contribution in [3.8, 4) is 17.2 Å². The van der Waals surface area contributed by atoms with E-state index in [2.05, 4.69) is 0 Å². The van der Waals surface area contributed by atoms with Gasteiger partial charge in [0.25, 0.3) is 11.7 Å². The van der Waals surface area contributed by atoms with Crippen molar-refractivity contribution < 1.29 is 29.3 Å². The van der Waals surface area contributed by atoms with E-state index in [-0.39, 0.29) is 28.9 Å². The summed E-state index contributed by atoms with van der Waals surface area (Å²) in [7, 11) is 3.88. The summed E-state index contributed by atoms with van der Waals surface area (Å²) >= 11 is 0. The summed E-state index contributed by atoms with van der Waals surface area (Å²) in [6, 6.07) is 9.09. The minimum Gasteiger partial charge on any atom is -0.507 e. The summed E-state index contributed by atoms with van der Waals surface area (Å²) in [4.78, 5) is 29.9. The zero-order valence-corrected chi connectivity index (χ0v) is 21.9. The van der Waals surface area contributed by atoms with Crippen molar-refractivity contribution in [2.45, 2.75) is 46.3 Å². The highest BCUT2D eigenvalue weighted by atomic mass is 16.5. The molecule has 1 fully saturated rings. The van der Waals surface area contributed by atoms with Gasteiger partial charge in [-0.25, -0.2) is 0 Å². The molecule has 1 amide bonds. The number of ether oxygens (including phenoxy) is 2. The Bertz CT molecular complexity index is 1150. The third kappa shape index (κ3) is 5.82. The molecule has 2 N–H and O–H groups in total. The third-order valence-corrected chi connectivity index (χ3v) is 5.95. The first-order valence-corrected chi connectivity index (χ1v) is 12.2. The van der Waals surface area contributed by atoms with Crippen molar-refractivity contribution >= 4 is 17.4 Å². The number of ketones is 1. The molecular weight excluding hydrogens is 460 g/mol. The second kappa shape index (κ2) is 11.5. The van der Waals surface area contributed by atoms with Crippen LogP contribution in [-0.2, 0) is 9.59 Å². The number of benzene rings is 2. The number of carbonyl (C=O) groups excluding carboxylic acids is 2. The Morgan fingerprint density at radius 2 is 1.83 bits per heavy atom. The van der Waals surface area contributed by atoms with Crippen LogP contribution in [0.5, 0.6) is 17.2 Å². The van der Waals surface area contributed by atoms with Gasteiger partial charge >= 0.3 is 0 Å². The molecule has 0 bridgehead atoms. The van der Waals surface area contributed by atoms with Crippen LogP contribution in [0.2, 0.25) is 0 Å². The summed E-state index contributed by atoms with van der Waals surface area (Å²) in [5.41, 5.74) is 1.80. The number of hydrogen-bond acceptors (Lipinski definition) is 7. The average molecular weight is 497 g/mol. The number of phenolic OH excluding ortho intramolecular Hbond substituents is 1. The Hall–Kier alpha value is -3.52. The van der Waals surface area contributed by atoms with Crippen molar-refractivity contribution in [2.24, 2.45) is 0 Å². The topological polar surface area (TPSA) is 99.5 Å². The number of aryl methyl sites for hydroxylation is 1. The van der Waals surface area contributed by atoms with Gasteiger partial charge in [0.05, 0.1) is 24.3 Å². The lowest BCUT2D eigenvalue weighted by Crippen LogP contribution is -2.32. The largest absolute Gasteiger partial charge is 0.507 e. The first kappa shape index (κ1) is 27.1. The van der Waals surface area contributed by atoms with Crippen molar-refractivity contribution in [1.29, 1.82) is 0 Å². The second-order valence-electron chi connectivity index (χ2n) is 9.46. The van der Waals surface area contributed by atoms with E-state index in [1.165, 1.54) is 11.0 Å². The van der Waals surface area contributed by atoms with Gasteiger partial charge in [-0.15, -0.1) is 0 Å². The summed E-state index contributed by atoms with van der Waals surface area (Å²) in [5, 5.41) is 21.5. The molecule has 0 aromatic heterocycles. The number of likely N-dealkylation sites (tertiary alicyclic amines) is 1. The van der Waals surface area contributed by atoms with E-state index in [9.17, 15) is 19.8 Å². The van der Waals surface area contributed by atoms with Crippen LogP contribution in [0.3, 0.4) is 0 Å². The Morgan fingerprint density at radius 3 is 2.44 bits per heavy atom. The number of carbonyl (C=O) groups is 2. The van der Waals surface area contributed by atoms with Gasteiger partial charge in [0.1, 0.15) is 11.5 Å². The predicted molar refractivity (Wildman–Crippen MR) is 138 cm³/mol. The molecule has 0 spiro atoms. The molecule has 2 aromatic carbocycles. The first-order valence-electron chi connectivity index (χ1n) is 12.2. The fraction of sp³-hybridized carbons (Fsp3) is 0.429. The second-order valence-corrected chi connectivity index (χ2v) is 9.46. The fourth-order valence-corrected chi connectivity index (χ4v) is 4.32. The predicted octanol–water partition coefficient (Wildman–Crippen LogP) is 4.26. The molecule has 36 heavy (non-hydrogen) atoms. The molecule has 3 rings (SSSR count). The van der Waals surface area contributed by atoms with Crippen LogP contribution in [0.1, 0.15) is 49.9 Å². The van der Waals surface area contributed by atoms with Crippen molar-refractivity contribution in [3.63, 3.8) is 0 Å². The van der Waals surface area contributed by atoms with E-state index in [0.717, 1.165) is 12.1 Å². The van der Waals surface area contributed by atoms with E-state index in [4.69, 9.17) is 9.47 Å². The lowest BCUT2D eigenvalue weighted by atomic mass is 9.94. The molecule has 2 aromatic rings. The highest BCUT2D eigenvalue weighted by Gasteiger charge is 2.46. The molecule has 1 aliphatic rings. The number of rotatable bonds is 10. The molecular formula is C28H36N2O6. The number of amides is 1. The molecule has 0 radical (unpaired) electrons. The van der Waals surface area contributed by atoms with Gasteiger partial charge in [0.15, 0.2) is 11.5 Å². The van der Waals surface area contributed by atoms with Crippen LogP contribution in [0.15, 0.2) is 42.0 Å². The van der Waals surface area contributed by atoms with Crippen LogP contribution < -0.4 is 9.47 Å². The smallest absolute Gasteiger partial charge is 0.295 e. The van der Waals surface area contributed by atoms with E-state index < -0.39 is 17.7 Å². The molecule has 1 heterocycles. The van der Waals surface area contributed by atoms with Crippen LogP contribution in [0, 0.1) is 6.92 Å². The van der Waals surface area contributed by atoms with Crippen LogP contribution in [0.4, 0.5) is 0 Å². The molecule has 194 valence electrons. The van der Waals surface area contributed by atoms with E-state index >= 15 is 0 Å². The summed E-state index contributed by atoms with van der Waals surface area (Å²) in [5.74, 6) is -0.765. The Labute approximate surface area is 212 Å². The van der Waals surface area contributed by atoms with Gasteiger partial charge in [-0.2, -0.15) is 0 Å². The molecule has 8 nitrogen and oxygen atoms in total. The van der Waals surface area contributed by atoms with Gasteiger partial charge in [-0.3, -0.25) is 9.59 Å². The number of nitrogens with zero attached hydrogens (tertiary/aromatic N) is 2. The lowest BCUT2D eigenvalue weighted by molar-refractivity contribution is -0.139. The van der Waals surface area contributed by atoms with Gasteiger partial charge in [0.2, 0.25) is 0 Å². The molecule has 0 aliphatic carbocycles. The van der Waals surface area contributed by atoms with Gasteiger partial charge in [-0.1, -0.05) is 6.07 Å². The first-order chi connectivity index (χ1) is 17.0. The standard InChI is InChI=1S/C28H36N2O6/c1-7-35-23-16-19(9-11-21(23)31)25-24(27(33)28(34)30(25)14-8-13-29(5)6)26(32)20-10-12-22(18(4)15-20)36-17(2)3/h9-12,15-17,25,31-32H,7-8,13-14H2,1-6H3. The fourth-order valence-electron chi connectivity index (χ4n) is 4.32. The molecule has 1 atom stereocenters. The van der Waals surface area contributed by atoms with E-state index in [1.54, 1.807) is 37.3 Å². The highest BCUT2D eigenvalue weighted by molar-refractivity contribution is 6.46.